The maximum atomic E-state index is 12.5. The lowest BCUT2D eigenvalue weighted by molar-refractivity contribution is -0.142. The first-order valence-electron chi connectivity index (χ1n) is 9.65. The molecule has 1 aromatic heterocycles. The molecule has 0 aromatic carbocycles. The molecule has 1 atom stereocenters. The van der Waals surface area contributed by atoms with E-state index < -0.39 is 0 Å². The fraction of sp³-hybridized carbons (Fsp3) is 0.632. The fourth-order valence-electron chi connectivity index (χ4n) is 3.36. The number of nitrogens with one attached hydrogen (secondary N) is 1. The van der Waals surface area contributed by atoms with Gasteiger partial charge in [-0.05, 0) is 25.8 Å². The van der Waals surface area contributed by atoms with Gasteiger partial charge in [0.25, 0.3) is 5.91 Å². The van der Waals surface area contributed by atoms with E-state index in [9.17, 15) is 4.79 Å². The molecule has 0 bridgehead atoms. The number of amides is 1. The summed E-state index contributed by atoms with van der Waals surface area (Å²) in [6.07, 6.45) is 1.58. The number of guanidine groups is 1. The lowest BCUT2D eigenvalue weighted by atomic mass is 10.2. The zero-order valence-electron chi connectivity index (χ0n) is 16.6. The van der Waals surface area contributed by atoms with Crippen LogP contribution in [0.25, 0.3) is 0 Å². The predicted octanol–water partition coefficient (Wildman–Crippen LogP) is 1.50. The smallest absolute Gasteiger partial charge is 0.251 e. The van der Waals surface area contributed by atoms with E-state index in [-0.39, 0.29) is 36.0 Å². The van der Waals surface area contributed by atoms with E-state index in [4.69, 9.17) is 14.5 Å². The Kier molecular flexibility index (Phi) is 9.23. The van der Waals surface area contributed by atoms with Crippen molar-refractivity contribution in [3.05, 3.63) is 23.9 Å². The minimum Gasteiger partial charge on any atom is -0.481 e. The molecular weight excluding hydrogens is 473 g/mol. The molecule has 28 heavy (non-hydrogen) atoms. The number of piperazine rings is 1. The van der Waals surface area contributed by atoms with Crippen LogP contribution in [0.2, 0.25) is 0 Å². The molecule has 0 radical (unpaired) electrons. The van der Waals surface area contributed by atoms with Gasteiger partial charge in [0.1, 0.15) is 6.10 Å². The van der Waals surface area contributed by atoms with Gasteiger partial charge in [0, 0.05) is 45.4 Å². The number of nitrogens with zero attached hydrogens (tertiary/aromatic N) is 4. The van der Waals surface area contributed by atoms with Crippen molar-refractivity contribution in [1.29, 1.82) is 0 Å². The molecule has 2 fully saturated rings. The van der Waals surface area contributed by atoms with Gasteiger partial charge in [0.2, 0.25) is 5.88 Å². The number of ether oxygens (including phenoxy) is 2. The molecule has 1 aromatic rings. The normalized spacial score (nSPS) is 19.9. The highest BCUT2D eigenvalue weighted by atomic mass is 127. The molecular formula is C19H30IN5O3. The number of hydrogen-bond donors (Lipinski definition) is 1. The summed E-state index contributed by atoms with van der Waals surface area (Å²) in [6, 6.07) is 5.68. The van der Waals surface area contributed by atoms with Gasteiger partial charge in [-0.15, -0.1) is 24.0 Å². The summed E-state index contributed by atoms with van der Waals surface area (Å²) >= 11 is 0. The molecule has 1 amide bonds. The average Bonchev–Trinajstić information content (AvgIpc) is 3.26. The molecule has 156 valence electrons. The Morgan fingerprint density at radius 3 is 2.71 bits per heavy atom. The Morgan fingerprint density at radius 1 is 1.32 bits per heavy atom. The number of halogens is 1. The van der Waals surface area contributed by atoms with E-state index >= 15 is 0 Å². The molecule has 2 aliphatic rings. The molecule has 1 N–H and O–H groups in total. The van der Waals surface area contributed by atoms with E-state index in [0.717, 1.165) is 44.1 Å². The van der Waals surface area contributed by atoms with Gasteiger partial charge in [-0.1, -0.05) is 6.07 Å². The van der Waals surface area contributed by atoms with Crippen LogP contribution in [0.1, 0.15) is 25.5 Å². The summed E-state index contributed by atoms with van der Waals surface area (Å²) in [5.74, 6) is 1.58. The number of methoxy groups -OCH3 is 1. The monoisotopic (exact) mass is 503 g/mol. The van der Waals surface area contributed by atoms with Crippen LogP contribution in [0, 0.1) is 0 Å². The van der Waals surface area contributed by atoms with Gasteiger partial charge in [0.05, 0.1) is 19.3 Å². The van der Waals surface area contributed by atoms with E-state index in [1.807, 2.05) is 23.1 Å². The van der Waals surface area contributed by atoms with Crippen molar-refractivity contribution in [2.45, 2.75) is 32.4 Å². The van der Waals surface area contributed by atoms with Crippen molar-refractivity contribution >= 4 is 35.8 Å². The minimum absolute atomic E-state index is 0. The summed E-state index contributed by atoms with van der Waals surface area (Å²) in [7, 11) is 1.61. The van der Waals surface area contributed by atoms with E-state index in [2.05, 4.69) is 22.1 Å². The van der Waals surface area contributed by atoms with Crippen molar-refractivity contribution in [2.75, 3.05) is 46.4 Å². The van der Waals surface area contributed by atoms with Crippen LogP contribution in [-0.4, -0.2) is 79.2 Å². The number of carbonyl (C=O) groups excluding carboxylic acids is 1. The highest BCUT2D eigenvalue weighted by Gasteiger charge is 2.30. The number of aliphatic imine (C=N–C) groups is 1. The molecule has 3 heterocycles. The molecule has 2 aliphatic heterocycles. The molecule has 8 nitrogen and oxygen atoms in total. The zero-order valence-corrected chi connectivity index (χ0v) is 18.9. The largest absolute Gasteiger partial charge is 0.481 e. The second-order valence-corrected chi connectivity index (χ2v) is 6.66. The summed E-state index contributed by atoms with van der Waals surface area (Å²) in [5, 5.41) is 3.34. The van der Waals surface area contributed by atoms with E-state index in [1.54, 1.807) is 7.11 Å². The van der Waals surface area contributed by atoms with Crippen molar-refractivity contribution in [2.24, 2.45) is 4.99 Å². The van der Waals surface area contributed by atoms with Crippen LogP contribution < -0.4 is 10.1 Å². The number of hydrogen-bond acceptors (Lipinski definition) is 5. The maximum Gasteiger partial charge on any atom is 0.251 e. The molecule has 0 saturated carbocycles. The standard InChI is InChI=1S/C19H29N5O3.HI/c1-3-20-19(21-14-15-6-4-8-17(22-15)26-2)24-11-9-23(10-12-24)18(25)16-7-5-13-27-16;/h4,6,8,16H,3,5,7,9-14H2,1-2H3,(H,20,21);1H. The third-order valence-electron chi connectivity index (χ3n) is 4.81. The number of aromatic nitrogens is 1. The quantitative estimate of drug-likeness (QED) is 0.373. The second kappa shape index (κ2) is 11.4. The molecule has 1 unspecified atom stereocenters. The first kappa shape index (κ1) is 22.7. The fourth-order valence-corrected chi connectivity index (χ4v) is 3.36. The number of rotatable bonds is 5. The lowest BCUT2D eigenvalue weighted by Gasteiger charge is -2.37. The highest BCUT2D eigenvalue weighted by molar-refractivity contribution is 14.0. The van der Waals surface area contributed by atoms with Crippen LogP contribution in [0.3, 0.4) is 0 Å². The van der Waals surface area contributed by atoms with Crippen LogP contribution in [0.4, 0.5) is 0 Å². The van der Waals surface area contributed by atoms with Gasteiger partial charge in [-0.2, -0.15) is 0 Å². The van der Waals surface area contributed by atoms with Crippen molar-refractivity contribution in [3.8, 4) is 5.88 Å². The van der Waals surface area contributed by atoms with Gasteiger partial charge in [-0.3, -0.25) is 4.79 Å². The van der Waals surface area contributed by atoms with Gasteiger partial charge in [0.15, 0.2) is 5.96 Å². The summed E-state index contributed by atoms with van der Waals surface area (Å²) in [5.41, 5.74) is 0.858. The predicted molar refractivity (Wildman–Crippen MR) is 118 cm³/mol. The Labute approximate surface area is 183 Å². The summed E-state index contributed by atoms with van der Waals surface area (Å²) < 4.78 is 10.7. The van der Waals surface area contributed by atoms with Gasteiger partial charge < -0.3 is 24.6 Å². The van der Waals surface area contributed by atoms with Crippen molar-refractivity contribution in [3.63, 3.8) is 0 Å². The second-order valence-electron chi connectivity index (χ2n) is 6.66. The molecule has 0 spiro atoms. The van der Waals surface area contributed by atoms with Crippen LogP contribution in [-0.2, 0) is 16.1 Å². The molecule has 2 saturated heterocycles. The highest BCUT2D eigenvalue weighted by Crippen LogP contribution is 2.16. The first-order chi connectivity index (χ1) is 13.2. The lowest BCUT2D eigenvalue weighted by Crippen LogP contribution is -2.55. The summed E-state index contributed by atoms with van der Waals surface area (Å²) in [4.78, 5) is 25.7. The van der Waals surface area contributed by atoms with E-state index in [0.29, 0.717) is 32.1 Å². The number of pyridine rings is 1. The van der Waals surface area contributed by atoms with E-state index in [1.165, 1.54) is 0 Å². The van der Waals surface area contributed by atoms with Crippen LogP contribution in [0.5, 0.6) is 5.88 Å². The average molecular weight is 503 g/mol. The number of carbonyl (C=O) groups is 1. The Balaban J connectivity index is 0.00000280. The van der Waals surface area contributed by atoms with Gasteiger partial charge in [-0.25, -0.2) is 9.98 Å². The summed E-state index contributed by atoms with van der Waals surface area (Å²) in [6.45, 7) is 6.93. The van der Waals surface area contributed by atoms with Crippen molar-refractivity contribution < 1.29 is 14.3 Å². The maximum absolute atomic E-state index is 12.5. The third kappa shape index (κ3) is 5.94. The van der Waals surface area contributed by atoms with Crippen LogP contribution in [0.15, 0.2) is 23.2 Å². The SMILES string of the molecule is CCNC(=NCc1cccc(OC)n1)N1CCN(C(=O)C2CCCO2)CC1.I. The van der Waals surface area contributed by atoms with Crippen LogP contribution >= 0.6 is 24.0 Å². The third-order valence-corrected chi connectivity index (χ3v) is 4.81. The molecule has 9 heteroatoms. The van der Waals surface area contributed by atoms with Gasteiger partial charge >= 0.3 is 0 Å². The minimum atomic E-state index is -0.238. The first-order valence-corrected chi connectivity index (χ1v) is 9.65. The zero-order chi connectivity index (χ0) is 19.1. The Hall–Kier alpha value is -1.62. The molecule has 0 aliphatic carbocycles. The topological polar surface area (TPSA) is 79.3 Å². The molecule has 3 rings (SSSR count). The van der Waals surface area contributed by atoms with Crippen molar-refractivity contribution in [1.82, 2.24) is 20.1 Å². The Bertz CT molecular complexity index is 659. The Morgan fingerprint density at radius 2 is 2.07 bits per heavy atom.